The Balaban J connectivity index is 1.65. The predicted molar refractivity (Wildman–Crippen MR) is 101 cm³/mol. The van der Waals surface area contributed by atoms with Crippen molar-refractivity contribution in [1.29, 1.82) is 0 Å². The molecule has 3 aliphatic heterocycles. The van der Waals surface area contributed by atoms with Crippen molar-refractivity contribution in [2.45, 2.75) is 92.1 Å². The van der Waals surface area contributed by atoms with E-state index < -0.39 is 112 Å². The summed E-state index contributed by atoms with van der Waals surface area (Å²) in [5.74, 6) is 0. The van der Waals surface area contributed by atoms with Crippen molar-refractivity contribution in [1.82, 2.24) is 0 Å². The predicted octanol–water partition coefficient (Wildman–Crippen LogP) is -7.57. The van der Waals surface area contributed by atoms with Gasteiger partial charge in [0, 0.05) is 0 Å². The number of aliphatic hydroxyl groups excluding tert-OH is 11. The fraction of sp³-hybridized carbons (Fsp3) is 1.00. The summed E-state index contributed by atoms with van der Waals surface area (Å²) in [6.45, 7) is -2.06. The zero-order valence-corrected chi connectivity index (χ0v) is 17.7. The molecule has 0 radical (unpaired) electrons. The smallest absolute Gasteiger partial charge is 0.187 e. The van der Waals surface area contributed by atoms with Gasteiger partial charge in [-0.3, -0.25) is 0 Å². The highest BCUT2D eigenvalue weighted by Gasteiger charge is 2.51. The topological polar surface area (TPSA) is 269 Å². The normalized spacial score (nSPS) is 52.5. The van der Waals surface area contributed by atoms with Crippen molar-refractivity contribution in [3.63, 3.8) is 0 Å². The third-order valence-corrected chi connectivity index (χ3v) is 6.07. The molecule has 3 unspecified atom stereocenters. The summed E-state index contributed by atoms with van der Waals surface area (Å²) in [7, 11) is 0. The van der Waals surface area contributed by atoms with Crippen LogP contribution >= 0.6 is 0 Å². The minimum absolute atomic E-state index is 0.609. The molecule has 0 aromatic carbocycles. The maximum atomic E-state index is 10.6. The molecule has 15 atom stereocenters. The molecule has 0 aromatic heterocycles. The van der Waals surface area contributed by atoms with Crippen molar-refractivity contribution in [2.75, 3.05) is 19.8 Å². The van der Waals surface area contributed by atoms with E-state index in [-0.39, 0.29) is 0 Å². The van der Waals surface area contributed by atoms with Gasteiger partial charge in [0.05, 0.1) is 19.8 Å². The van der Waals surface area contributed by atoms with Gasteiger partial charge in [-0.2, -0.15) is 0 Å². The number of aliphatic hydroxyl groups is 11. The monoisotopic (exact) mass is 504 g/mol. The summed E-state index contributed by atoms with van der Waals surface area (Å²) in [6, 6.07) is 0. The van der Waals surface area contributed by atoms with E-state index in [1.165, 1.54) is 0 Å². The molecule has 3 rings (SSSR count). The SMILES string of the molecule is OC[C@H]1OC(OC[C@H]2OC(O)[C@H](O)[C@@H](OC3O[C@H](CO)[C@@H](O)[C@H](O)[C@H]3O)[C@H]2O)[C@H](O)[C@@H](O)[C@@H]1O. The second-order valence-corrected chi connectivity index (χ2v) is 8.37. The van der Waals surface area contributed by atoms with Crippen molar-refractivity contribution in [3.8, 4) is 0 Å². The lowest BCUT2D eigenvalue weighted by molar-refractivity contribution is -0.361. The van der Waals surface area contributed by atoms with Crippen LogP contribution in [0.15, 0.2) is 0 Å². The minimum Gasteiger partial charge on any atom is -0.394 e. The van der Waals surface area contributed by atoms with Crippen molar-refractivity contribution >= 4 is 0 Å². The lowest BCUT2D eigenvalue weighted by Gasteiger charge is -2.45. The lowest BCUT2D eigenvalue weighted by Crippen LogP contribution is -2.65. The molecule has 200 valence electrons. The lowest BCUT2D eigenvalue weighted by atomic mass is 9.97. The van der Waals surface area contributed by atoms with E-state index in [0.29, 0.717) is 0 Å². The van der Waals surface area contributed by atoms with Gasteiger partial charge < -0.3 is 79.9 Å². The Morgan fingerprint density at radius 3 is 1.53 bits per heavy atom. The molecule has 0 aliphatic carbocycles. The fourth-order valence-corrected chi connectivity index (χ4v) is 3.94. The molecule has 3 saturated heterocycles. The molecular weight excluding hydrogens is 472 g/mol. The quantitative estimate of drug-likeness (QED) is 0.154. The summed E-state index contributed by atoms with van der Waals surface area (Å²) in [6.07, 6.45) is -24.9. The van der Waals surface area contributed by atoms with E-state index in [1.807, 2.05) is 0 Å². The van der Waals surface area contributed by atoms with Crippen LogP contribution in [0, 0.1) is 0 Å². The summed E-state index contributed by atoms with van der Waals surface area (Å²) >= 11 is 0. The molecule has 3 fully saturated rings. The van der Waals surface area contributed by atoms with Gasteiger partial charge in [-0.05, 0) is 0 Å². The fourth-order valence-electron chi connectivity index (χ4n) is 3.94. The average molecular weight is 504 g/mol. The van der Waals surface area contributed by atoms with Crippen LogP contribution in [0.2, 0.25) is 0 Å². The van der Waals surface area contributed by atoms with Gasteiger partial charge >= 0.3 is 0 Å². The van der Waals surface area contributed by atoms with Crippen LogP contribution in [0.25, 0.3) is 0 Å². The molecule has 0 spiro atoms. The molecule has 34 heavy (non-hydrogen) atoms. The van der Waals surface area contributed by atoms with Crippen LogP contribution in [0.4, 0.5) is 0 Å². The van der Waals surface area contributed by atoms with Gasteiger partial charge in [0.25, 0.3) is 0 Å². The highest BCUT2D eigenvalue weighted by atomic mass is 16.7. The Morgan fingerprint density at radius 1 is 0.500 bits per heavy atom. The van der Waals surface area contributed by atoms with Crippen LogP contribution in [0.1, 0.15) is 0 Å². The first kappa shape index (κ1) is 27.9. The summed E-state index contributed by atoms with van der Waals surface area (Å²) in [5, 5.41) is 109. The van der Waals surface area contributed by atoms with Crippen molar-refractivity contribution in [3.05, 3.63) is 0 Å². The highest BCUT2D eigenvalue weighted by Crippen LogP contribution is 2.29. The van der Waals surface area contributed by atoms with Crippen LogP contribution in [0.3, 0.4) is 0 Å². The highest BCUT2D eigenvalue weighted by molar-refractivity contribution is 4.94. The van der Waals surface area contributed by atoms with Gasteiger partial charge in [0.2, 0.25) is 0 Å². The molecule has 0 aromatic rings. The molecule has 0 amide bonds. The molecule has 0 saturated carbocycles. The zero-order valence-electron chi connectivity index (χ0n) is 17.7. The third-order valence-electron chi connectivity index (χ3n) is 6.07. The first-order valence-corrected chi connectivity index (χ1v) is 10.6. The van der Waals surface area contributed by atoms with Crippen LogP contribution in [-0.2, 0) is 23.7 Å². The van der Waals surface area contributed by atoms with Crippen molar-refractivity contribution in [2.24, 2.45) is 0 Å². The van der Waals surface area contributed by atoms with Gasteiger partial charge in [0.1, 0.15) is 73.2 Å². The Labute approximate surface area is 192 Å². The first-order valence-electron chi connectivity index (χ1n) is 10.6. The van der Waals surface area contributed by atoms with Gasteiger partial charge in [-0.1, -0.05) is 0 Å². The summed E-state index contributed by atoms with van der Waals surface area (Å²) in [4.78, 5) is 0. The van der Waals surface area contributed by atoms with Gasteiger partial charge in [0.15, 0.2) is 18.9 Å². The third kappa shape index (κ3) is 5.52. The van der Waals surface area contributed by atoms with E-state index >= 15 is 0 Å². The molecule has 3 aliphatic rings. The van der Waals surface area contributed by atoms with Crippen molar-refractivity contribution < 1.29 is 79.9 Å². The average Bonchev–Trinajstić information content (AvgIpc) is 2.82. The molecule has 11 N–H and O–H groups in total. The number of ether oxygens (including phenoxy) is 5. The Hall–Kier alpha value is -0.640. The zero-order chi connectivity index (χ0) is 25.3. The summed E-state index contributed by atoms with van der Waals surface area (Å²) in [5.41, 5.74) is 0. The van der Waals surface area contributed by atoms with E-state index in [4.69, 9.17) is 23.7 Å². The number of hydrogen-bond donors (Lipinski definition) is 11. The molecule has 16 nitrogen and oxygen atoms in total. The van der Waals surface area contributed by atoms with E-state index in [1.54, 1.807) is 0 Å². The molecule has 3 heterocycles. The minimum atomic E-state index is -1.93. The summed E-state index contributed by atoms with van der Waals surface area (Å²) < 4.78 is 26.1. The maximum absolute atomic E-state index is 10.6. The molecule has 0 bridgehead atoms. The Morgan fingerprint density at radius 2 is 1.00 bits per heavy atom. The largest absolute Gasteiger partial charge is 0.394 e. The molecular formula is C18H32O16. The van der Waals surface area contributed by atoms with Crippen LogP contribution < -0.4 is 0 Å². The Kier molecular flexibility index (Phi) is 9.54. The standard InChI is InChI=1S/C18H32O16/c19-1-4-7(21)10(24)12(26)17(32-4)30-3-6-9(23)15(14(28)16(29)31-6)34-18-13(27)11(25)8(22)5(2-20)33-18/h4-29H,1-3H2/t4-,5-,6-,7-,8-,9+,10+,11+,12-,13-,14-,15+,16?,17?,18?/m1/s1. The van der Waals surface area contributed by atoms with Crippen LogP contribution in [0.5, 0.6) is 0 Å². The second-order valence-electron chi connectivity index (χ2n) is 8.37. The number of rotatable bonds is 7. The number of hydrogen-bond acceptors (Lipinski definition) is 16. The van der Waals surface area contributed by atoms with E-state index in [0.717, 1.165) is 0 Å². The van der Waals surface area contributed by atoms with Crippen LogP contribution in [-0.4, -0.2) is 168 Å². The Bertz CT molecular complexity index is 637. The maximum Gasteiger partial charge on any atom is 0.187 e. The second kappa shape index (κ2) is 11.6. The molecule has 16 heteroatoms. The van der Waals surface area contributed by atoms with E-state index in [9.17, 15) is 56.2 Å². The van der Waals surface area contributed by atoms with Gasteiger partial charge in [-0.15, -0.1) is 0 Å². The van der Waals surface area contributed by atoms with Gasteiger partial charge in [-0.25, -0.2) is 0 Å². The van der Waals surface area contributed by atoms with E-state index in [2.05, 4.69) is 0 Å². The first-order chi connectivity index (χ1) is 16.0.